The van der Waals surface area contributed by atoms with Gasteiger partial charge in [-0.2, -0.15) is 0 Å². The van der Waals surface area contributed by atoms with Gasteiger partial charge in [0.2, 0.25) is 0 Å². The molecule has 1 rings (SSSR count). The van der Waals surface area contributed by atoms with Gasteiger partial charge in [0.1, 0.15) is 0 Å². The van der Waals surface area contributed by atoms with Crippen LogP contribution in [-0.2, 0) is 13.8 Å². The van der Waals surface area contributed by atoms with Crippen LogP contribution in [0, 0.1) is 0 Å². The van der Waals surface area contributed by atoms with Crippen LogP contribution in [-0.4, -0.2) is 29.1 Å². The fourth-order valence-electron chi connectivity index (χ4n) is 3.61. The summed E-state index contributed by atoms with van der Waals surface area (Å²) in [6.07, 6.45) is 24.9. The van der Waals surface area contributed by atoms with Crippen molar-refractivity contribution in [3.05, 3.63) is 0 Å². The summed E-state index contributed by atoms with van der Waals surface area (Å²) in [6, 6.07) is 0. The minimum absolute atomic E-state index is 0.0459. The van der Waals surface area contributed by atoms with Gasteiger partial charge >= 0.3 is 7.82 Å². The number of phosphoric ester groups is 1. The zero-order valence-electron chi connectivity index (χ0n) is 18.6. The van der Waals surface area contributed by atoms with Crippen molar-refractivity contribution in [3.8, 4) is 0 Å². The molecule has 1 unspecified atom stereocenters. The monoisotopic (exact) mass is 422 g/mol. The highest BCUT2D eigenvalue weighted by molar-refractivity contribution is 7.46. The highest BCUT2D eigenvalue weighted by Crippen LogP contribution is 2.34. The summed E-state index contributed by atoms with van der Waals surface area (Å²) in [5.41, 5.74) is 0. The summed E-state index contributed by atoms with van der Waals surface area (Å²) < 4.78 is 19.3. The van der Waals surface area contributed by atoms with Crippen LogP contribution < -0.4 is 0 Å². The van der Waals surface area contributed by atoms with Crippen LogP contribution in [0.3, 0.4) is 0 Å². The second kappa shape index (κ2) is 20.3. The van der Waals surface area contributed by atoms with Gasteiger partial charge in [-0.25, -0.2) is 4.57 Å². The number of hydrogen-bond acceptors (Lipinski definition) is 3. The standard InChI is InChI=1S/C20H40O.C2H7O4P/c1-2-3-4-5-6-7-8-9-10-11-12-13-14-15-17-20-18-16-19-21-20;1-2-6-7(3,4)5/h20H,2-19H2,1H3;2H2,1H3,(H2,3,4,5). The largest absolute Gasteiger partial charge is 0.469 e. The topological polar surface area (TPSA) is 76.0 Å². The molecule has 0 aliphatic carbocycles. The first-order valence-electron chi connectivity index (χ1n) is 11.8. The molecule has 170 valence electrons. The average Bonchev–Trinajstić information content (AvgIpc) is 3.15. The van der Waals surface area contributed by atoms with E-state index in [1.807, 2.05) is 0 Å². The molecule has 0 aromatic heterocycles. The molecule has 1 aliphatic heterocycles. The molecule has 0 spiro atoms. The van der Waals surface area contributed by atoms with Gasteiger partial charge in [-0.1, -0.05) is 96.8 Å². The molecular formula is C22H47O5P. The quantitative estimate of drug-likeness (QED) is 0.192. The van der Waals surface area contributed by atoms with Gasteiger partial charge in [-0.3, -0.25) is 4.52 Å². The summed E-state index contributed by atoms with van der Waals surface area (Å²) in [5, 5.41) is 0. The van der Waals surface area contributed by atoms with Gasteiger partial charge in [-0.05, 0) is 26.2 Å². The second-order valence-corrected chi connectivity index (χ2v) is 9.17. The Morgan fingerprint density at radius 1 is 0.821 bits per heavy atom. The van der Waals surface area contributed by atoms with Crippen molar-refractivity contribution in [1.82, 2.24) is 0 Å². The van der Waals surface area contributed by atoms with E-state index in [0.717, 1.165) is 6.61 Å². The number of phosphoric acid groups is 1. The Labute approximate surface area is 174 Å². The van der Waals surface area contributed by atoms with E-state index in [1.165, 1.54) is 116 Å². The van der Waals surface area contributed by atoms with Crippen molar-refractivity contribution in [2.45, 2.75) is 129 Å². The lowest BCUT2D eigenvalue weighted by Gasteiger charge is -2.08. The first kappa shape index (κ1) is 28.1. The molecule has 6 heteroatoms. The van der Waals surface area contributed by atoms with E-state index in [0.29, 0.717) is 6.10 Å². The fourth-order valence-corrected chi connectivity index (χ4v) is 3.94. The lowest BCUT2D eigenvalue weighted by atomic mass is 10.0. The van der Waals surface area contributed by atoms with Crippen molar-refractivity contribution >= 4 is 7.82 Å². The van der Waals surface area contributed by atoms with E-state index in [-0.39, 0.29) is 6.61 Å². The molecule has 1 saturated heterocycles. The first-order chi connectivity index (χ1) is 13.5. The molecule has 0 aromatic rings. The van der Waals surface area contributed by atoms with Crippen molar-refractivity contribution in [1.29, 1.82) is 0 Å². The Hall–Kier alpha value is 0.0700. The molecule has 1 atom stereocenters. The zero-order valence-corrected chi connectivity index (χ0v) is 19.5. The molecule has 0 radical (unpaired) electrons. The van der Waals surface area contributed by atoms with Crippen LogP contribution in [0.5, 0.6) is 0 Å². The van der Waals surface area contributed by atoms with E-state index in [1.54, 1.807) is 0 Å². The molecule has 1 aliphatic rings. The van der Waals surface area contributed by atoms with Crippen LogP contribution in [0.2, 0.25) is 0 Å². The maximum Gasteiger partial charge on any atom is 0.469 e. The van der Waals surface area contributed by atoms with Gasteiger partial charge < -0.3 is 14.5 Å². The van der Waals surface area contributed by atoms with Crippen LogP contribution >= 0.6 is 7.82 Å². The second-order valence-electron chi connectivity index (χ2n) is 7.93. The van der Waals surface area contributed by atoms with E-state index in [4.69, 9.17) is 14.5 Å². The molecule has 0 bridgehead atoms. The Balaban J connectivity index is 0.000000887. The first-order valence-corrected chi connectivity index (χ1v) is 13.3. The smallest absolute Gasteiger partial charge is 0.378 e. The van der Waals surface area contributed by atoms with Crippen molar-refractivity contribution < 1.29 is 23.6 Å². The lowest BCUT2D eigenvalue weighted by molar-refractivity contribution is 0.102. The molecule has 1 heterocycles. The molecule has 2 N–H and O–H groups in total. The van der Waals surface area contributed by atoms with Crippen LogP contribution in [0.1, 0.15) is 123 Å². The van der Waals surface area contributed by atoms with E-state index in [9.17, 15) is 4.57 Å². The number of hydrogen-bond donors (Lipinski definition) is 2. The van der Waals surface area contributed by atoms with Gasteiger partial charge in [-0.15, -0.1) is 0 Å². The van der Waals surface area contributed by atoms with Crippen molar-refractivity contribution in [2.75, 3.05) is 13.2 Å². The average molecular weight is 423 g/mol. The summed E-state index contributed by atoms with van der Waals surface area (Å²) >= 11 is 0. The highest BCUT2D eigenvalue weighted by atomic mass is 31.2. The van der Waals surface area contributed by atoms with Gasteiger partial charge in [0.05, 0.1) is 12.7 Å². The number of rotatable bonds is 17. The Kier molecular flexibility index (Phi) is 20.4. The maximum atomic E-state index is 9.70. The van der Waals surface area contributed by atoms with Crippen molar-refractivity contribution in [2.24, 2.45) is 0 Å². The third-order valence-electron chi connectivity index (χ3n) is 5.20. The van der Waals surface area contributed by atoms with Gasteiger partial charge in [0.25, 0.3) is 0 Å². The fraction of sp³-hybridized carbons (Fsp3) is 1.00. The molecular weight excluding hydrogens is 375 g/mol. The molecule has 0 aromatic carbocycles. The Bertz CT molecular complexity index is 353. The van der Waals surface area contributed by atoms with Crippen molar-refractivity contribution in [3.63, 3.8) is 0 Å². The third kappa shape index (κ3) is 22.4. The number of unbranched alkanes of at least 4 members (excludes halogenated alkanes) is 13. The van der Waals surface area contributed by atoms with E-state index >= 15 is 0 Å². The molecule has 0 amide bonds. The minimum Gasteiger partial charge on any atom is -0.378 e. The lowest BCUT2D eigenvalue weighted by Crippen LogP contribution is -2.03. The number of ether oxygens (including phenoxy) is 1. The molecule has 1 fully saturated rings. The molecule has 28 heavy (non-hydrogen) atoms. The van der Waals surface area contributed by atoms with Crippen LogP contribution in [0.25, 0.3) is 0 Å². The van der Waals surface area contributed by atoms with E-state index in [2.05, 4.69) is 11.4 Å². The maximum absolute atomic E-state index is 9.70. The SMILES string of the molecule is CCCCCCCCCCCCCCCCC1CCCO1.CCOP(=O)(O)O. The molecule has 5 nitrogen and oxygen atoms in total. The highest BCUT2D eigenvalue weighted by Gasteiger charge is 2.14. The van der Waals surface area contributed by atoms with Crippen LogP contribution in [0.4, 0.5) is 0 Å². The van der Waals surface area contributed by atoms with E-state index < -0.39 is 7.82 Å². The minimum atomic E-state index is -4.17. The summed E-state index contributed by atoms with van der Waals surface area (Å²) in [7, 11) is -4.17. The predicted octanol–water partition coefficient (Wildman–Crippen LogP) is 7.15. The van der Waals surface area contributed by atoms with Gasteiger partial charge in [0, 0.05) is 6.61 Å². The van der Waals surface area contributed by atoms with Crippen LogP contribution in [0.15, 0.2) is 0 Å². The predicted molar refractivity (Wildman–Crippen MR) is 118 cm³/mol. The Morgan fingerprint density at radius 3 is 1.61 bits per heavy atom. The Morgan fingerprint density at radius 2 is 1.29 bits per heavy atom. The third-order valence-corrected chi connectivity index (χ3v) is 5.80. The normalized spacial score (nSPS) is 16.8. The zero-order chi connectivity index (χ0) is 20.9. The summed E-state index contributed by atoms with van der Waals surface area (Å²) in [6.45, 7) is 4.87. The van der Waals surface area contributed by atoms with Gasteiger partial charge in [0.15, 0.2) is 0 Å². The summed E-state index contributed by atoms with van der Waals surface area (Å²) in [4.78, 5) is 15.8. The molecule has 0 saturated carbocycles. The summed E-state index contributed by atoms with van der Waals surface area (Å²) in [5.74, 6) is 0.